The molecular formula is C17H16N4O3S. The normalized spacial score (nSPS) is 11.3. The second-order valence-electron chi connectivity index (χ2n) is 5.39. The van der Waals surface area contributed by atoms with Crippen LogP contribution >= 0.6 is 0 Å². The summed E-state index contributed by atoms with van der Waals surface area (Å²) in [5, 5.41) is 9.03. The third-order valence-corrected chi connectivity index (χ3v) is 4.75. The molecule has 3 aromatic rings. The van der Waals surface area contributed by atoms with Crippen LogP contribution in [-0.2, 0) is 16.6 Å². The minimum absolute atomic E-state index is 0.0701. The molecule has 2 heterocycles. The lowest BCUT2D eigenvalue weighted by Gasteiger charge is -2.11. The molecule has 0 aliphatic rings. The number of rotatable bonds is 5. The van der Waals surface area contributed by atoms with E-state index in [-0.39, 0.29) is 17.5 Å². The third-order valence-electron chi connectivity index (χ3n) is 3.50. The Hall–Kier alpha value is -2.84. The van der Waals surface area contributed by atoms with Crippen molar-refractivity contribution in [1.82, 2.24) is 15.0 Å². The van der Waals surface area contributed by atoms with Crippen molar-refractivity contribution in [3.63, 3.8) is 0 Å². The monoisotopic (exact) mass is 356 g/mol. The summed E-state index contributed by atoms with van der Waals surface area (Å²) in [6.07, 6.45) is 4.38. The zero-order chi connectivity index (χ0) is 17.9. The maximum atomic E-state index is 12.5. The summed E-state index contributed by atoms with van der Waals surface area (Å²) in [6.45, 7) is 1.76. The molecule has 7 nitrogen and oxygen atoms in total. The van der Waals surface area contributed by atoms with E-state index in [9.17, 15) is 8.42 Å². The van der Waals surface area contributed by atoms with Gasteiger partial charge in [-0.2, -0.15) is 8.42 Å². The van der Waals surface area contributed by atoms with Gasteiger partial charge in [0.05, 0.1) is 6.61 Å². The highest BCUT2D eigenvalue weighted by Gasteiger charge is 2.19. The fraction of sp³-hybridized carbons (Fsp3) is 0.118. The predicted octanol–water partition coefficient (Wildman–Crippen LogP) is 2.14. The number of sulfonamides is 1. The molecule has 0 bridgehead atoms. The first-order valence-corrected chi connectivity index (χ1v) is 8.94. The van der Waals surface area contributed by atoms with E-state index in [1.165, 1.54) is 24.7 Å². The Morgan fingerprint density at radius 3 is 2.36 bits per heavy atom. The van der Waals surface area contributed by atoms with Crippen molar-refractivity contribution < 1.29 is 13.5 Å². The van der Waals surface area contributed by atoms with Crippen LogP contribution in [0.15, 0.2) is 60.0 Å². The molecular weight excluding hydrogens is 340 g/mol. The van der Waals surface area contributed by atoms with Crippen LogP contribution < -0.4 is 4.72 Å². The molecule has 0 amide bonds. The minimum atomic E-state index is -3.88. The molecule has 0 unspecified atom stereocenters. The SMILES string of the molecule is Cc1ccc(S(=O)(=O)Nc2nccnc2-c2ccc(CO)cc2)nc1. The summed E-state index contributed by atoms with van der Waals surface area (Å²) in [5.74, 6) is 0.113. The topological polar surface area (TPSA) is 105 Å². The number of anilines is 1. The Bertz CT molecular complexity index is 972. The number of hydrogen-bond acceptors (Lipinski definition) is 6. The first-order chi connectivity index (χ1) is 12.0. The van der Waals surface area contributed by atoms with E-state index in [0.29, 0.717) is 11.3 Å². The zero-order valence-electron chi connectivity index (χ0n) is 13.4. The molecule has 0 aliphatic heterocycles. The molecule has 25 heavy (non-hydrogen) atoms. The number of aryl methyl sites for hydroxylation is 1. The van der Waals surface area contributed by atoms with E-state index >= 15 is 0 Å². The standard InChI is InChI=1S/C17H16N4O3S/c1-12-2-7-15(20-10-12)25(23,24)21-17-16(18-8-9-19-17)14-5-3-13(11-22)4-6-14/h2-10,22H,11H2,1H3,(H,19,21). The van der Waals surface area contributed by atoms with Crippen molar-refractivity contribution in [2.75, 3.05) is 4.72 Å². The van der Waals surface area contributed by atoms with Crippen LogP contribution in [0, 0.1) is 6.92 Å². The maximum Gasteiger partial charge on any atom is 0.280 e. The van der Waals surface area contributed by atoms with Gasteiger partial charge in [0.15, 0.2) is 10.8 Å². The fourth-order valence-corrected chi connectivity index (χ4v) is 3.13. The molecule has 0 aliphatic carbocycles. The summed E-state index contributed by atoms with van der Waals surface area (Å²) in [4.78, 5) is 12.3. The first kappa shape index (κ1) is 17.0. The van der Waals surface area contributed by atoms with Gasteiger partial charge in [0.1, 0.15) is 5.69 Å². The Balaban J connectivity index is 1.96. The van der Waals surface area contributed by atoms with Gasteiger partial charge in [-0.1, -0.05) is 30.3 Å². The number of aromatic nitrogens is 3. The van der Waals surface area contributed by atoms with Crippen LogP contribution in [-0.4, -0.2) is 28.5 Å². The summed E-state index contributed by atoms with van der Waals surface area (Å²) >= 11 is 0. The molecule has 2 N–H and O–H groups in total. The van der Waals surface area contributed by atoms with Gasteiger partial charge in [-0.3, -0.25) is 9.71 Å². The Kier molecular flexibility index (Phi) is 4.73. The van der Waals surface area contributed by atoms with Gasteiger partial charge in [0, 0.05) is 24.2 Å². The smallest absolute Gasteiger partial charge is 0.280 e. The predicted molar refractivity (Wildman–Crippen MR) is 93.2 cm³/mol. The summed E-state index contributed by atoms with van der Waals surface area (Å²) < 4.78 is 27.5. The number of nitrogens with one attached hydrogen (secondary N) is 1. The van der Waals surface area contributed by atoms with Gasteiger partial charge in [0.2, 0.25) is 0 Å². The largest absolute Gasteiger partial charge is 0.392 e. The average molecular weight is 356 g/mol. The van der Waals surface area contributed by atoms with Crippen LogP contribution in [0.2, 0.25) is 0 Å². The van der Waals surface area contributed by atoms with Crippen LogP contribution in [0.25, 0.3) is 11.3 Å². The minimum Gasteiger partial charge on any atom is -0.392 e. The lowest BCUT2D eigenvalue weighted by atomic mass is 10.1. The number of pyridine rings is 1. The molecule has 0 saturated heterocycles. The Morgan fingerprint density at radius 1 is 1.00 bits per heavy atom. The van der Waals surface area contributed by atoms with E-state index in [2.05, 4.69) is 19.7 Å². The van der Waals surface area contributed by atoms with Crippen molar-refractivity contribution in [2.24, 2.45) is 0 Å². The van der Waals surface area contributed by atoms with E-state index in [1.807, 2.05) is 6.92 Å². The molecule has 0 fully saturated rings. The number of aliphatic hydroxyl groups is 1. The Labute approximate surface area is 145 Å². The van der Waals surface area contributed by atoms with E-state index in [0.717, 1.165) is 11.1 Å². The lowest BCUT2D eigenvalue weighted by Crippen LogP contribution is -2.16. The van der Waals surface area contributed by atoms with Gasteiger partial charge in [-0.25, -0.2) is 9.97 Å². The summed E-state index contributed by atoms with van der Waals surface area (Å²) in [6, 6.07) is 10.1. The van der Waals surface area contributed by atoms with Crippen molar-refractivity contribution >= 4 is 15.8 Å². The summed E-state index contributed by atoms with van der Waals surface area (Å²) in [5.41, 5.74) is 2.68. The molecule has 3 rings (SSSR count). The highest BCUT2D eigenvalue weighted by atomic mass is 32.2. The van der Waals surface area contributed by atoms with E-state index < -0.39 is 10.0 Å². The van der Waals surface area contributed by atoms with Gasteiger partial charge in [0.25, 0.3) is 10.0 Å². The lowest BCUT2D eigenvalue weighted by molar-refractivity contribution is 0.282. The van der Waals surface area contributed by atoms with Crippen LogP contribution in [0.3, 0.4) is 0 Å². The van der Waals surface area contributed by atoms with Crippen molar-refractivity contribution in [3.8, 4) is 11.3 Å². The molecule has 0 radical (unpaired) electrons. The number of nitrogens with zero attached hydrogens (tertiary/aromatic N) is 3. The second-order valence-corrected chi connectivity index (χ2v) is 7.02. The molecule has 2 aromatic heterocycles. The van der Waals surface area contributed by atoms with Crippen molar-refractivity contribution in [3.05, 3.63) is 66.1 Å². The number of benzene rings is 1. The van der Waals surface area contributed by atoms with Crippen molar-refractivity contribution in [1.29, 1.82) is 0 Å². The van der Waals surface area contributed by atoms with E-state index in [4.69, 9.17) is 5.11 Å². The van der Waals surface area contributed by atoms with Gasteiger partial charge < -0.3 is 5.11 Å². The van der Waals surface area contributed by atoms with Gasteiger partial charge in [-0.15, -0.1) is 0 Å². The zero-order valence-corrected chi connectivity index (χ0v) is 14.2. The van der Waals surface area contributed by atoms with Crippen LogP contribution in [0.4, 0.5) is 5.82 Å². The number of aliphatic hydroxyl groups excluding tert-OH is 1. The van der Waals surface area contributed by atoms with Gasteiger partial charge in [-0.05, 0) is 24.1 Å². The maximum absolute atomic E-state index is 12.5. The van der Waals surface area contributed by atoms with Crippen LogP contribution in [0.1, 0.15) is 11.1 Å². The third kappa shape index (κ3) is 3.81. The highest BCUT2D eigenvalue weighted by molar-refractivity contribution is 7.92. The molecule has 0 spiro atoms. The molecule has 1 aromatic carbocycles. The second kappa shape index (κ2) is 6.96. The number of hydrogen-bond donors (Lipinski definition) is 2. The van der Waals surface area contributed by atoms with E-state index in [1.54, 1.807) is 30.3 Å². The molecule has 0 saturated carbocycles. The van der Waals surface area contributed by atoms with Crippen LogP contribution in [0.5, 0.6) is 0 Å². The molecule has 128 valence electrons. The van der Waals surface area contributed by atoms with Crippen molar-refractivity contribution in [2.45, 2.75) is 18.6 Å². The van der Waals surface area contributed by atoms with Gasteiger partial charge >= 0.3 is 0 Å². The average Bonchev–Trinajstić information content (AvgIpc) is 2.62. The summed E-state index contributed by atoms with van der Waals surface area (Å²) in [7, 11) is -3.88. The molecule has 8 heteroatoms. The fourth-order valence-electron chi connectivity index (χ4n) is 2.18. The molecule has 0 atom stereocenters. The highest BCUT2D eigenvalue weighted by Crippen LogP contribution is 2.25. The quantitative estimate of drug-likeness (QED) is 0.726. The Morgan fingerprint density at radius 2 is 1.72 bits per heavy atom. The first-order valence-electron chi connectivity index (χ1n) is 7.46.